The van der Waals surface area contributed by atoms with E-state index in [1.165, 1.54) is 19.2 Å². The maximum atomic E-state index is 13.3. The van der Waals surface area contributed by atoms with Crippen LogP contribution in [0.2, 0.25) is 0 Å². The Bertz CT molecular complexity index is 388. The van der Waals surface area contributed by atoms with Gasteiger partial charge in [0.25, 0.3) is 0 Å². The molecule has 0 aromatic heterocycles. The molecular formula is C11H16ClFN2O2. The molecule has 17 heavy (non-hydrogen) atoms. The van der Waals surface area contributed by atoms with Crippen molar-refractivity contribution in [2.75, 3.05) is 12.4 Å². The third-order valence-electron chi connectivity index (χ3n) is 2.20. The number of rotatable bonds is 4. The van der Waals surface area contributed by atoms with Gasteiger partial charge in [-0.1, -0.05) is 6.92 Å². The molecule has 1 aromatic carbocycles. The van der Waals surface area contributed by atoms with Crippen LogP contribution in [0.3, 0.4) is 0 Å². The SMILES string of the molecule is CC[C@H](N)C(=O)Nc1ccc(OC)c(F)c1.Cl. The highest BCUT2D eigenvalue weighted by Crippen LogP contribution is 2.20. The Morgan fingerprint density at radius 1 is 1.59 bits per heavy atom. The van der Waals surface area contributed by atoms with E-state index in [9.17, 15) is 9.18 Å². The van der Waals surface area contributed by atoms with Crippen LogP contribution in [0.15, 0.2) is 18.2 Å². The molecule has 1 aromatic rings. The summed E-state index contributed by atoms with van der Waals surface area (Å²) in [6.07, 6.45) is 0.532. The maximum absolute atomic E-state index is 13.3. The predicted octanol–water partition coefficient (Wildman–Crippen LogP) is 1.93. The summed E-state index contributed by atoms with van der Waals surface area (Å²) in [5.41, 5.74) is 5.90. The second-order valence-corrected chi connectivity index (χ2v) is 3.35. The lowest BCUT2D eigenvalue weighted by molar-refractivity contribution is -0.117. The molecule has 1 atom stereocenters. The first-order valence-corrected chi connectivity index (χ1v) is 4.98. The minimum absolute atomic E-state index is 0. The average molecular weight is 263 g/mol. The molecule has 0 unspecified atom stereocenters. The summed E-state index contributed by atoms with van der Waals surface area (Å²) in [5.74, 6) is -0.713. The topological polar surface area (TPSA) is 64.4 Å². The Labute approximate surface area is 106 Å². The number of hydrogen-bond acceptors (Lipinski definition) is 3. The number of ether oxygens (including phenoxy) is 1. The van der Waals surface area contributed by atoms with Gasteiger partial charge < -0.3 is 15.8 Å². The molecule has 0 aliphatic rings. The molecule has 6 heteroatoms. The molecule has 0 saturated carbocycles. The lowest BCUT2D eigenvalue weighted by atomic mass is 10.2. The minimum Gasteiger partial charge on any atom is -0.494 e. The number of amides is 1. The highest BCUT2D eigenvalue weighted by Gasteiger charge is 2.12. The van der Waals surface area contributed by atoms with Gasteiger partial charge >= 0.3 is 0 Å². The Morgan fingerprint density at radius 3 is 2.71 bits per heavy atom. The van der Waals surface area contributed by atoms with Crippen molar-refractivity contribution >= 4 is 24.0 Å². The molecule has 0 radical (unpaired) electrons. The van der Waals surface area contributed by atoms with E-state index in [0.29, 0.717) is 12.1 Å². The van der Waals surface area contributed by atoms with Crippen LogP contribution in [0.1, 0.15) is 13.3 Å². The second-order valence-electron chi connectivity index (χ2n) is 3.35. The van der Waals surface area contributed by atoms with E-state index < -0.39 is 11.9 Å². The number of carbonyl (C=O) groups is 1. The largest absolute Gasteiger partial charge is 0.494 e. The molecule has 1 rings (SSSR count). The van der Waals surface area contributed by atoms with Gasteiger partial charge in [-0.25, -0.2) is 4.39 Å². The lowest BCUT2D eigenvalue weighted by Gasteiger charge is -2.10. The van der Waals surface area contributed by atoms with Crippen molar-refractivity contribution in [3.63, 3.8) is 0 Å². The number of anilines is 1. The summed E-state index contributed by atoms with van der Waals surface area (Å²) in [6.45, 7) is 1.80. The van der Waals surface area contributed by atoms with Crippen LogP contribution in [0.5, 0.6) is 5.75 Å². The number of benzene rings is 1. The normalized spacial score (nSPS) is 11.3. The van der Waals surface area contributed by atoms with Crippen LogP contribution < -0.4 is 15.8 Å². The van der Waals surface area contributed by atoms with Crippen LogP contribution in [-0.4, -0.2) is 19.1 Å². The maximum Gasteiger partial charge on any atom is 0.241 e. The summed E-state index contributed by atoms with van der Waals surface area (Å²) >= 11 is 0. The van der Waals surface area contributed by atoms with E-state index >= 15 is 0 Å². The third kappa shape index (κ3) is 4.20. The number of nitrogens with two attached hydrogens (primary N) is 1. The number of nitrogens with one attached hydrogen (secondary N) is 1. The summed E-state index contributed by atoms with van der Waals surface area (Å²) < 4.78 is 18.0. The molecular weight excluding hydrogens is 247 g/mol. The Hall–Kier alpha value is -1.33. The van der Waals surface area contributed by atoms with Crippen molar-refractivity contribution in [2.24, 2.45) is 5.73 Å². The van der Waals surface area contributed by atoms with Crippen molar-refractivity contribution in [1.29, 1.82) is 0 Å². The first-order chi connectivity index (χ1) is 7.58. The van der Waals surface area contributed by atoms with E-state index in [1.54, 1.807) is 13.0 Å². The van der Waals surface area contributed by atoms with Crippen LogP contribution in [0.4, 0.5) is 10.1 Å². The monoisotopic (exact) mass is 262 g/mol. The van der Waals surface area contributed by atoms with Crippen molar-refractivity contribution in [2.45, 2.75) is 19.4 Å². The van der Waals surface area contributed by atoms with Gasteiger partial charge in [0.05, 0.1) is 13.2 Å². The van der Waals surface area contributed by atoms with Crippen LogP contribution in [-0.2, 0) is 4.79 Å². The van der Waals surface area contributed by atoms with Crippen molar-refractivity contribution < 1.29 is 13.9 Å². The Balaban J connectivity index is 0.00000256. The first kappa shape index (κ1) is 15.7. The molecule has 0 aliphatic carbocycles. The molecule has 96 valence electrons. The van der Waals surface area contributed by atoms with Gasteiger partial charge in [-0.2, -0.15) is 0 Å². The number of hydrogen-bond donors (Lipinski definition) is 2. The molecule has 1 amide bonds. The molecule has 0 aliphatic heterocycles. The van der Waals surface area contributed by atoms with E-state index in [2.05, 4.69) is 5.32 Å². The molecule has 0 spiro atoms. The molecule has 0 heterocycles. The number of methoxy groups -OCH3 is 1. The van der Waals surface area contributed by atoms with E-state index in [-0.39, 0.29) is 24.1 Å². The summed E-state index contributed by atoms with van der Waals surface area (Å²) in [6, 6.07) is 3.62. The average Bonchev–Trinajstić information content (AvgIpc) is 2.28. The van der Waals surface area contributed by atoms with Crippen molar-refractivity contribution in [1.82, 2.24) is 0 Å². The molecule has 4 nitrogen and oxygen atoms in total. The van der Waals surface area contributed by atoms with Gasteiger partial charge in [-0.05, 0) is 18.6 Å². The summed E-state index contributed by atoms with van der Waals surface area (Å²) in [5, 5.41) is 2.53. The van der Waals surface area contributed by atoms with Crippen LogP contribution in [0, 0.1) is 5.82 Å². The van der Waals surface area contributed by atoms with Crippen molar-refractivity contribution in [3.05, 3.63) is 24.0 Å². The zero-order valence-corrected chi connectivity index (χ0v) is 10.5. The van der Waals surface area contributed by atoms with Crippen LogP contribution in [0.25, 0.3) is 0 Å². The fourth-order valence-corrected chi connectivity index (χ4v) is 1.16. The Kier molecular flexibility index (Phi) is 6.53. The Morgan fingerprint density at radius 2 is 2.24 bits per heavy atom. The fourth-order valence-electron chi connectivity index (χ4n) is 1.16. The highest BCUT2D eigenvalue weighted by molar-refractivity contribution is 5.94. The zero-order chi connectivity index (χ0) is 12.1. The quantitative estimate of drug-likeness (QED) is 0.872. The highest BCUT2D eigenvalue weighted by atomic mass is 35.5. The number of halogens is 2. The zero-order valence-electron chi connectivity index (χ0n) is 9.70. The summed E-state index contributed by atoms with van der Waals surface area (Å²) in [7, 11) is 1.38. The van der Waals surface area contributed by atoms with Crippen molar-refractivity contribution in [3.8, 4) is 5.75 Å². The molecule has 0 fully saturated rings. The summed E-state index contributed by atoms with van der Waals surface area (Å²) in [4.78, 5) is 11.4. The van der Waals surface area contributed by atoms with E-state index in [1.807, 2.05) is 0 Å². The van der Waals surface area contributed by atoms with Gasteiger partial charge in [-0.15, -0.1) is 12.4 Å². The van der Waals surface area contributed by atoms with Gasteiger partial charge in [0, 0.05) is 11.8 Å². The second kappa shape index (κ2) is 7.09. The van der Waals surface area contributed by atoms with Crippen LogP contribution >= 0.6 is 12.4 Å². The lowest BCUT2D eigenvalue weighted by Crippen LogP contribution is -2.34. The fraction of sp³-hybridized carbons (Fsp3) is 0.364. The third-order valence-corrected chi connectivity index (χ3v) is 2.20. The smallest absolute Gasteiger partial charge is 0.241 e. The van der Waals surface area contributed by atoms with Gasteiger partial charge in [0.2, 0.25) is 5.91 Å². The predicted molar refractivity (Wildman–Crippen MR) is 67.1 cm³/mol. The molecule has 0 bridgehead atoms. The van der Waals surface area contributed by atoms with E-state index in [0.717, 1.165) is 0 Å². The standard InChI is InChI=1S/C11H15FN2O2.ClH/c1-3-9(13)11(15)14-7-4-5-10(16-2)8(12)6-7;/h4-6,9H,3,13H2,1-2H3,(H,14,15);1H/t9-;/m0./s1. The molecule has 3 N–H and O–H groups in total. The first-order valence-electron chi connectivity index (χ1n) is 4.98. The van der Waals surface area contributed by atoms with Gasteiger partial charge in [-0.3, -0.25) is 4.79 Å². The van der Waals surface area contributed by atoms with Gasteiger partial charge in [0.1, 0.15) is 0 Å². The molecule has 0 saturated heterocycles. The minimum atomic E-state index is -0.579. The van der Waals surface area contributed by atoms with Gasteiger partial charge in [0.15, 0.2) is 11.6 Å². The number of carbonyl (C=O) groups excluding carboxylic acids is 1. The van der Waals surface area contributed by atoms with E-state index in [4.69, 9.17) is 10.5 Å².